The molecule has 1 aromatic heterocycles. The van der Waals surface area contributed by atoms with Crippen LogP contribution >= 0.6 is 0 Å². The van der Waals surface area contributed by atoms with E-state index < -0.39 is 6.10 Å². The standard InChI is InChI=1S/C28H34FN3O4/c29-26-11-5-4-10-24(26)27-25(28(36-30-27)32-12-15-34-16-13-32)20-31(19-23-9-6-14-35-23)18-22(33)17-21-7-2-1-3-8-21/h1-5,7-8,10-11,22-23,33H,6,9,12-20H2. The van der Waals surface area contributed by atoms with E-state index in [0.29, 0.717) is 69.5 Å². The monoisotopic (exact) mass is 495 g/mol. The first-order valence-corrected chi connectivity index (χ1v) is 12.8. The highest BCUT2D eigenvalue weighted by atomic mass is 19.1. The molecule has 1 N–H and O–H groups in total. The second kappa shape index (κ2) is 12.0. The number of aliphatic hydroxyl groups is 1. The number of halogens is 1. The quantitative estimate of drug-likeness (QED) is 0.457. The van der Waals surface area contributed by atoms with E-state index in [1.54, 1.807) is 18.2 Å². The summed E-state index contributed by atoms with van der Waals surface area (Å²) in [5.74, 6) is 0.307. The molecule has 36 heavy (non-hydrogen) atoms. The van der Waals surface area contributed by atoms with Gasteiger partial charge in [-0.15, -0.1) is 0 Å². The van der Waals surface area contributed by atoms with Gasteiger partial charge < -0.3 is 24.0 Å². The predicted octanol–water partition coefficient (Wildman–Crippen LogP) is 3.90. The highest BCUT2D eigenvalue weighted by molar-refractivity contribution is 5.69. The normalized spacial score (nSPS) is 19.2. The van der Waals surface area contributed by atoms with E-state index >= 15 is 0 Å². The first kappa shape index (κ1) is 24.9. The van der Waals surface area contributed by atoms with Crippen LogP contribution in [-0.4, -0.2) is 73.4 Å². The summed E-state index contributed by atoms with van der Waals surface area (Å²) >= 11 is 0. The molecule has 0 spiro atoms. The second-order valence-electron chi connectivity index (χ2n) is 9.57. The van der Waals surface area contributed by atoms with Crippen molar-refractivity contribution in [3.8, 4) is 11.3 Å². The van der Waals surface area contributed by atoms with Crippen LogP contribution in [0.5, 0.6) is 0 Å². The smallest absolute Gasteiger partial charge is 0.232 e. The minimum absolute atomic E-state index is 0.109. The van der Waals surface area contributed by atoms with E-state index in [4.69, 9.17) is 14.0 Å². The average Bonchev–Trinajstić information content (AvgIpc) is 3.56. The number of hydrogen-bond donors (Lipinski definition) is 1. The van der Waals surface area contributed by atoms with E-state index in [0.717, 1.165) is 30.6 Å². The van der Waals surface area contributed by atoms with Gasteiger partial charge in [0.05, 0.1) is 31.0 Å². The molecule has 2 aliphatic heterocycles. The van der Waals surface area contributed by atoms with Gasteiger partial charge in [-0.2, -0.15) is 0 Å². The van der Waals surface area contributed by atoms with E-state index in [1.807, 2.05) is 30.3 Å². The average molecular weight is 496 g/mol. The van der Waals surface area contributed by atoms with Crippen LogP contribution in [0.4, 0.5) is 10.3 Å². The molecule has 3 aromatic rings. The molecule has 7 nitrogen and oxygen atoms in total. The first-order chi connectivity index (χ1) is 17.7. The van der Waals surface area contributed by atoms with Crippen LogP contribution in [0, 0.1) is 5.82 Å². The van der Waals surface area contributed by atoms with Gasteiger partial charge in [0.25, 0.3) is 0 Å². The van der Waals surface area contributed by atoms with Gasteiger partial charge in [-0.25, -0.2) is 4.39 Å². The van der Waals surface area contributed by atoms with Crippen molar-refractivity contribution in [3.05, 3.63) is 71.5 Å². The van der Waals surface area contributed by atoms with Gasteiger partial charge in [0.1, 0.15) is 11.5 Å². The second-order valence-corrected chi connectivity index (χ2v) is 9.57. The minimum atomic E-state index is -0.558. The Morgan fingerprint density at radius 2 is 1.83 bits per heavy atom. The van der Waals surface area contributed by atoms with Crippen molar-refractivity contribution in [2.45, 2.75) is 38.0 Å². The molecule has 2 atom stereocenters. The van der Waals surface area contributed by atoms with Crippen molar-refractivity contribution in [1.82, 2.24) is 10.1 Å². The molecular weight excluding hydrogens is 461 g/mol. The fourth-order valence-corrected chi connectivity index (χ4v) is 5.08. The first-order valence-electron chi connectivity index (χ1n) is 12.8. The van der Waals surface area contributed by atoms with Gasteiger partial charge >= 0.3 is 0 Å². The van der Waals surface area contributed by atoms with E-state index in [2.05, 4.69) is 15.0 Å². The van der Waals surface area contributed by atoms with E-state index in [1.165, 1.54) is 6.07 Å². The summed E-state index contributed by atoms with van der Waals surface area (Å²) in [6, 6.07) is 16.6. The minimum Gasteiger partial charge on any atom is -0.391 e. The fraction of sp³-hybridized carbons (Fsp3) is 0.464. The van der Waals surface area contributed by atoms with Crippen molar-refractivity contribution in [3.63, 3.8) is 0 Å². The summed E-state index contributed by atoms with van der Waals surface area (Å²) in [6.45, 7) is 4.93. The zero-order chi connectivity index (χ0) is 24.7. The molecule has 0 radical (unpaired) electrons. The van der Waals surface area contributed by atoms with Crippen LogP contribution in [0.25, 0.3) is 11.3 Å². The topological polar surface area (TPSA) is 71.2 Å². The molecule has 3 heterocycles. The zero-order valence-corrected chi connectivity index (χ0v) is 20.5. The van der Waals surface area contributed by atoms with Crippen LogP contribution in [0.3, 0.4) is 0 Å². The number of nitrogens with zero attached hydrogens (tertiary/aromatic N) is 3. The summed E-state index contributed by atoms with van der Waals surface area (Å²) in [4.78, 5) is 4.31. The maximum Gasteiger partial charge on any atom is 0.232 e. The SMILES string of the molecule is OC(Cc1ccccc1)CN(Cc1c(-c2ccccc2F)noc1N1CCOCC1)CC1CCCO1. The van der Waals surface area contributed by atoms with Crippen molar-refractivity contribution in [2.24, 2.45) is 0 Å². The lowest BCUT2D eigenvalue weighted by molar-refractivity contribution is 0.0464. The van der Waals surface area contributed by atoms with Crippen molar-refractivity contribution >= 4 is 5.88 Å². The molecule has 2 unspecified atom stereocenters. The lowest BCUT2D eigenvalue weighted by Crippen LogP contribution is -2.39. The highest BCUT2D eigenvalue weighted by Crippen LogP contribution is 2.34. The Morgan fingerprint density at radius 3 is 2.58 bits per heavy atom. The Morgan fingerprint density at radius 1 is 1.06 bits per heavy atom. The maximum atomic E-state index is 14.8. The molecule has 0 saturated carbocycles. The molecule has 192 valence electrons. The van der Waals surface area contributed by atoms with Crippen LogP contribution in [-0.2, 0) is 22.4 Å². The molecule has 0 amide bonds. The number of rotatable bonds is 10. The Balaban J connectivity index is 1.43. The van der Waals surface area contributed by atoms with E-state index in [-0.39, 0.29) is 11.9 Å². The van der Waals surface area contributed by atoms with Gasteiger partial charge in [0.15, 0.2) is 0 Å². The predicted molar refractivity (Wildman–Crippen MR) is 135 cm³/mol. The number of morpholine rings is 1. The van der Waals surface area contributed by atoms with Crippen molar-refractivity contribution < 1.29 is 23.5 Å². The summed E-state index contributed by atoms with van der Waals surface area (Å²) in [6.07, 6.45) is 2.14. The number of anilines is 1. The van der Waals surface area contributed by atoms with Gasteiger partial charge in [-0.3, -0.25) is 4.90 Å². The summed E-state index contributed by atoms with van der Waals surface area (Å²) in [7, 11) is 0. The number of benzene rings is 2. The number of aromatic nitrogens is 1. The Labute approximate surface area is 211 Å². The van der Waals surface area contributed by atoms with E-state index in [9.17, 15) is 9.50 Å². The molecule has 2 fully saturated rings. The Hall–Kier alpha value is -2.78. The molecule has 5 rings (SSSR count). The van der Waals surface area contributed by atoms with Gasteiger partial charge in [0, 0.05) is 44.9 Å². The van der Waals surface area contributed by atoms with Crippen LogP contribution in [0.1, 0.15) is 24.0 Å². The van der Waals surface area contributed by atoms with Crippen LogP contribution in [0.2, 0.25) is 0 Å². The lowest BCUT2D eigenvalue weighted by atomic mass is 10.0. The van der Waals surface area contributed by atoms with Crippen LogP contribution in [0.15, 0.2) is 59.1 Å². The molecular formula is C28H34FN3O4. The Kier molecular flexibility index (Phi) is 8.28. The third-order valence-corrected chi connectivity index (χ3v) is 6.85. The maximum absolute atomic E-state index is 14.8. The number of aliphatic hydroxyl groups excluding tert-OH is 1. The fourth-order valence-electron chi connectivity index (χ4n) is 5.08. The highest BCUT2D eigenvalue weighted by Gasteiger charge is 2.29. The summed E-state index contributed by atoms with van der Waals surface area (Å²) < 4.78 is 32.1. The molecule has 2 saturated heterocycles. The van der Waals surface area contributed by atoms with Gasteiger partial charge in [0.2, 0.25) is 5.88 Å². The molecule has 2 aliphatic rings. The van der Waals surface area contributed by atoms with Gasteiger partial charge in [-0.1, -0.05) is 47.6 Å². The Bertz CT molecular complexity index is 1100. The molecule has 0 aliphatic carbocycles. The van der Waals surface area contributed by atoms with Crippen molar-refractivity contribution in [2.75, 3.05) is 50.9 Å². The summed E-state index contributed by atoms with van der Waals surface area (Å²) in [5.41, 5.74) is 2.84. The lowest BCUT2D eigenvalue weighted by Gasteiger charge is -2.30. The number of hydrogen-bond acceptors (Lipinski definition) is 7. The third-order valence-electron chi connectivity index (χ3n) is 6.85. The molecule has 0 bridgehead atoms. The number of ether oxygens (including phenoxy) is 2. The van der Waals surface area contributed by atoms with Gasteiger partial charge in [-0.05, 0) is 37.0 Å². The molecule has 2 aromatic carbocycles. The zero-order valence-electron chi connectivity index (χ0n) is 20.5. The third kappa shape index (κ3) is 6.13. The summed E-state index contributed by atoms with van der Waals surface area (Å²) in [5, 5.41) is 15.4. The molecule has 8 heteroatoms. The van der Waals surface area contributed by atoms with Crippen LogP contribution < -0.4 is 4.90 Å². The van der Waals surface area contributed by atoms with Crippen molar-refractivity contribution in [1.29, 1.82) is 0 Å². The largest absolute Gasteiger partial charge is 0.391 e.